The van der Waals surface area contributed by atoms with Gasteiger partial charge in [-0.25, -0.2) is 0 Å². The van der Waals surface area contributed by atoms with E-state index in [0.717, 1.165) is 19.3 Å². The van der Waals surface area contributed by atoms with E-state index in [1.807, 2.05) is 12.1 Å². The van der Waals surface area contributed by atoms with Crippen molar-refractivity contribution in [3.63, 3.8) is 0 Å². The molecule has 35 heavy (non-hydrogen) atoms. The molecular weight excluding hydrogens is 432 g/mol. The number of benzene rings is 1. The average Bonchev–Trinajstić information content (AvgIpc) is 2.86. The largest absolute Gasteiger partial charge is 0.508 e. The van der Waals surface area contributed by atoms with E-state index in [2.05, 4.69) is 26.8 Å². The smallest absolute Gasteiger partial charge is 0.305 e. The number of esters is 1. The van der Waals surface area contributed by atoms with Gasteiger partial charge in [-0.05, 0) is 55.2 Å². The number of hydrogen-bond acceptors (Lipinski definition) is 3. The van der Waals surface area contributed by atoms with Gasteiger partial charge in [-0.2, -0.15) is 0 Å². The summed E-state index contributed by atoms with van der Waals surface area (Å²) < 4.78 is 5.52. The number of phenols is 1. The van der Waals surface area contributed by atoms with Gasteiger partial charge in [0.1, 0.15) is 5.75 Å². The number of unbranched alkanes of at least 4 members (excludes halogenated alkanes) is 11. The molecule has 0 saturated heterocycles. The minimum Gasteiger partial charge on any atom is -0.508 e. The van der Waals surface area contributed by atoms with Crippen molar-refractivity contribution in [2.45, 2.75) is 149 Å². The van der Waals surface area contributed by atoms with Crippen molar-refractivity contribution in [2.24, 2.45) is 5.92 Å². The second-order valence-corrected chi connectivity index (χ2v) is 10.6. The second-order valence-electron chi connectivity index (χ2n) is 10.6. The van der Waals surface area contributed by atoms with Gasteiger partial charge < -0.3 is 9.84 Å². The quantitative estimate of drug-likeness (QED) is 0.123. The Kier molecular flexibility index (Phi) is 19.6. The minimum absolute atomic E-state index is 0.0152. The van der Waals surface area contributed by atoms with E-state index in [-0.39, 0.29) is 5.97 Å². The van der Waals surface area contributed by atoms with Crippen LogP contribution in [0.5, 0.6) is 5.75 Å². The van der Waals surface area contributed by atoms with Crippen LogP contribution in [0.2, 0.25) is 0 Å². The Morgan fingerprint density at radius 1 is 0.771 bits per heavy atom. The SMILES string of the molecule is CCCCCCCCCC(CCCCCCCC(=O)OCC(CC)CCCC)c1cccc(O)c1. The van der Waals surface area contributed by atoms with Crippen LogP contribution in [0.3, 0.4) is 0 Å². The van der Waals surface area contributed by atoms with Crippen LogP contribution >= 0.6 is 0 Å². The molecule has 0 heterocycles. The van der Waals surface area contributed by atoms with Crippen molar-refractivity contribution >= 4 is 5.97 Å². The lowest BCUT2D eigenvalue weighted by Gasteiger charge is -2.18. The van der Waals surface area contributed by atoms with E-state index in [1.165, 1.54) is 102 Å². The van der Waals surface area contributed by atoms with Crippen LogP contribution in [0.25, 0.3) is 0 Å². The third-order valence-corrected chi connectivity index (χ3v) is 7.45. The molecule has 3 nitrogen and oxygen atoms in total. The molecule has 0 aliphatic heterocycles. The minimum atomic E-state index is -0.0152. The van der Waals surface area contributed by atoms with Crippen LogP contribution in [-0.4, -0.2) is 17.7 Å². The highest BCUT2D eigenvalue weighted by Gasteiger charge is 2.13. The van der Waals surface area contributed by atoms with Crippen molar-refractivity contribution in [2.75, 3.05) is 6.61 Å². The first kappa shape index (κ1) is 31.5. The fraction of sp³-hybridized carbons (Fsp3) is 0.781. The lowest BCUT2D eigenvalue weighted by molar-refractivity contribution is -0.145. The van der Waals surface area contributed by atoms with Crippen LogP contribution in [0.1, 0.15) is 154 Å². The lowest BCUT2D eigenvalue weighted by atomic mass is 9.88. The van der Waals surface area contributed by atoms with E-state index in [9.17, 15) is 9.90 Å². The maximum Gasteiger partial charge on any atom is 0.305 e. The van der Waals surface area contributed by atoms with Crippen molar-refractivity contribution in [3.8, 4) is 5.75 Å². The fourth-order valence-corrected chi connectivity index (χ4v) is 4.98. The Labute approximate surface area is 217 Å². The summed E-state index contributed by atoms with van der Waals surface area (Å²) >= 11 is 0. The lowest BCUT2D eigenvalue weighted by Crippen LogP contribution is -2.13. The zero-order valence-corrected chi connectivity index (χ0v) is 23.4. The number of hydrogen-bond donors (Lipinski definition) is 1. The average molecular weight is 489 g/mol. The van der Waals surface area contributed by atoms with E-state index < -0.39 is 0 Å². The molecule has 0 saturated carbocycles. The van der Waals surface area contributed by atoms with Crippen LogP contribution in [0.15, 0.2) is 24.3 Å². The molecule has 1 N–H and O–H groups in total. The van der Waals surface area contributed by atoms with Crippen molar-refractivity contribution < 1.29 is 14.6 Å². The molecular formula is C32H56O3. The highest BCUT2D eigenvalue weighted by atomic mass is 16.5. The summed E-state index contributed by atoms with van der Waals surface area (Å²) in [6, 6.07) is 7.90. The van der Waals surface area contributed by atoms with Gasteiger partial charge >= 0.3 is 5.97 Å². The van der Waals surface area contributed by atoms with Gasteiger partial charge in [0.05, 0.1) is 6.61 Å². The van der Waals surface area contributed by atoms with Gasteiger partial charge in [-0.15, -0.1) is 0 Å². The highest BCUT2D eigenvalue weighted by Crippen LogP contribution is 2.30. The van der Waals surface area contributed by atoms with Crippen LogP contribution in [0.4, 0.5) is 0 Å². The highest BCUT2D eigenvalue weighted by molar-refractivity contribution is 5.69. The van der Waals surface area contributed by atoms with Gasteiger partial charge in [0.2, 0.25) is 0 Å². The van der Waals surface area contributed by atoms with E-state index >= 15 is 0 Å². The summed E-state index contributed by atoms with van der Waals surface area (Å²) in [5.41, 5.74) is 1.29. The standard InChI is InChI=1S/C32H56O3/c1-4-7-9-10-11-13-16-21-29(30-23-19-24-31(33)26-30)22-17-14-12-15-18-25-32(34)35-27-28(6-3)20-8-5-2/h19,23-24,26,28-29,33H,4-18,20-22,25,27H2,1-3H3. The first-order valence-corrected chi connectivity index (χ1v) is 15.0. The van der Waals surface area contributed by atoms with Crippen LogP contribution in [-0.2, 0) is 9.53 Å². The van der Waals surface area contributed by atoms with Gasteiger partial charge in [-0.3, -0.25) is 4.79 Å². The predicted octanol–water partition coefficient (Wildman–Crippen LogP) is 10.1. The summed E-state index contributed by atoms with van der Waals surface area (Å²) in [4.78, 5) is 12.1. The first-order valence-electron chi connectivity index (χ1n) is 15.0. The zero-order valence-electron chi connectivity index (χ0n) is 23.4. The monoisotopic (exact) mass is 488 g/mol. The molecule has 0 radical (unpaired) electrons. The molecule has 0 amide bonds. The van der Waals surface area contributed by atoms with Gasteiger partial charge in [0, 0.05) is 6.42 Å². The van der Waals surface area contributed by atoms with Crippen LogP contribution in [0, 0.1) is 5.92 Å². The number of ether oxygens (including phenoxy) is 1. The van der Waals surface area contributed by atoms with Crippen molar-refractivity contribution in [1.82, 2.24) is 0 Å². The molecule has 0 bridgehead atoms. The Bertz CT molecular complexity index is 627. The predicted molar refractivity (Wildman–Crippen MR) is 150 cm³/mol. The molecule has 0 spiro atoms. The molecule has 0 fully saturated rings. The molecule has 1 aromatic rings. The summed E-state index contributed by atoms with van der Waals surface area (Å²) in [5.74, 6) is 1.44. The summed E-state index contributed by atoms with van der Waals surface area (Å²) in [6.45, 7) is 7.27. The third kappa shape index (κ3) is 16.7. The maximum atomic E-state index is 12.1. The number of rotatable bonds is 23. The van der Waals surface area contributed by atoms with Crippen molar-refractivity contribution in [3.05, 3.63) is 29.8 Å². The Morgan fingerprint density at radius 2 is 1.37 bits per heavy atom. The van der Waals surface area contributed by atoms with Gasteiger partial charge in [0.15, 0.2) is 0 Å². The number of aromatic hydroxyl groups is 1. The molecule has 0 aromatic heterocycles. The Morgan fingerprint density at radius 3 is 1.97 bits per heavy atom. The zero-order chi connectivity index (χ0) is 25.6. The first-order chi connectivity index (χ1) is 17.1. The summed E-state index contributed by atoms with van der Waals surface area (Å²) in [7, 11) is 0. The van der Waals surface area contributed by atoms with E-state index in [0.29, 0.717) is 30.6 Å². The molecule has 0 aliphatic rings. The van der Waals surface area contributed by atoms with Gasteiger partial charge in [0.25, 0.3) is 0 Å². The Hall–Kier alpha value is -1.51. The fourth-order valence-electron chi connectivity index (χ4n) is 4.98. The Balaban J connectivity index is 2.22. The second kappa shape index (κ2) is 21.7. The number of phenolic OH excluding ortho intramolecular Hbond substituents is 1. The molecule has 2 atom stereocenters. The summed E-state index contributed by atoms with van der Waals surface area (Å²) in [6.07, 6.45) is 22.7. The van der Waals surface area contributed by atoms with Gasteiger partial charge in [-0.1, -0.05) is 123 Å². The number of carbonyl (C=O) groups is 1. The van der Waals surface area contributed by atoms with Crippen LogP contribution < -0.4 is 0 Å². The molecule has 0 aliphatic carbocycles. The third-order valence-electron chi connectivity index (χ3n) is 7.45. The maximum absolute atomic E-state index is 12.1. The summed E-state index contributed by atoms with van der Waals surface area (Å²) in [5, 5.41) is 9.95. The topological polar surface area (TPSA) is 46.5 Å². The molecule has 1 aromatic carbocycles. The van der Waals surface area contributed by atoms with Crippen molar-refractivity contribution in [1.29, 1.82) is 0 Å². The molecule has 1 rings (SSSR count). The molecule has 2 unspecified atom stereocenters. The van der Waals surface area contributed by atoms with E-state index in [1.54, 1.807) is 6.07 Å². The van der Waals surface area contributed by atoms with E-state index in [4.69, 9.17) is 4.74 Å². The number of carbonyl (C=O) groups excluding carboxylic acids is 1. The molecule has 202 valence electrons. The normalized spacial score (nSPS) is 13.0. The molecule has 3 heteroatoms.